The molecule has 0 bridgehead atoms. The minimum absolute atomic E-state index is 0.603. The molecule has 1 atom stereocenters. The van der Waals surface area contributed by atoms with E-state index in [4.69, 9.17) is 4.52 Å². The summed E-state index contributed by atoms with van der Waals surface area (Å²) in [5.41, 5.74) is 3.83. The molecule has 1 N–H and O–H groups in total. The fourth-order valence-electron chi connectivity index (χ4n) is 3.85. The molecule has 0 aliphatic carbocycles. The number of rotatable bonds is 5. The molecule has 0 saturated carbocycles. The summed E-state index contributed by atoms with van der Waals surface area (Å²) in [6.07, 6.45) is 8.77. The number of hydrogen-bond acceptors (Lipinski definition) is 6. The number of likely N-dealkylation sites (tertiary alicyclic amines) is 1. The first-order valence-corrected chi connectivity index (χ1v) is 9.14. The van der Waals surface area contributed by atoms with Gasteiger partial charge < -0.3 is 9.51 Å². The van der Waals surface area contributed by atoms with E-state index in [1.807, 2.05) is 26.2 Å². The number of nitrogens with zero attached hydrogens (tertiary/aromatic N) is 5. The van der Waals surface area contributed by atoms with E-state index in [2.05, 4.69) is 36.1 Å². The SMILES string of the molecule is Cc1noc(C)c1-c1cc(C[C@H]2CCCN(Cc3ncc[nH]3)C2)ncn1. The van der Waals surface area contributed by atoms with Crippen molar-refractivity contribution in [1.29, 1.82) is 0 Å². The molecule has 7 nitrogen and oxygen atoms in total. The summed E-state index contributed by atoms with van der Waals surface area (Å²) < 4.78 is 5.28. The number of nitrogens with one attached hydrogen (secondary N) is 1. The first-order valence-electron chi connectivity index (χ1n) is 9.14. The predicted octanol–water partition coefficient (Wildman–Crippen LogP) is 2.93. The van der Waals surface area contributed by atoms with Gasteiger partial charge in [-0.2, -0.15) is 0 Å². The molecular weight excluding hydrogens is 328 g/mol. The van der Waals surface area contributed by atoms with Crippen LogP contribution in [0.4, 0.5) is 0 Å². The second-order valence-electron chi connectivity index (χ2n) is 7.08. The summed E-state index contributed by atoms with van der Waals surface area (Å²) in [7, 11) is 0. The number of piperidine rings is 1. The molecule has 4 rings (SSSR count). The van der Waals surface area contributed by atoms with E-state index in [1.54, 1.807) is 6.33 Å². The predicted molar refractivity (Wildman–Crippen MR) is 97.3 cm³/mol. The van der Waals surface area contributed by atoms with Crippen molar-refractivity contribution in [3.05, 3.63) is 47.8 Å². The maximum atomic E-state index is 5.28. The lowest BCUT2D eigenvalue weighted by atomic mass is 9.93. The first kappa shape index (κ1) is 16.9. The molecule has 26 heavy (non-hydrogen) atoms. The minimum atomic E-state index is 0.603. The molecule has 3 aromatic heterocycles. The van der Waals surface area contributed by atoms with Crippen LogP contribution in [0.25, 0.3) is 11.3 Å². The first-order chi connectivity index (χ1) is 12.7. The van der Waals surface area contributed by atoms with Crippen molar-refractivity contribution in [2.45, 2.75) is 39.7 Å². The van der Waals surface area contributed by atoms with Crippen molar-refractivity contribution in [3.63, 3.8) is 0 Å². The quantitative estimate of drug-likeness (QED) is 0.760. The van der Waals surface area contributed by atoms with E-state index in [1.165, 1.54) is 12.8 Å². The Morgan fingerprint density at radius 3 is 2.96 bits per heavy atom. The second-order valence-corrected chi connectivity index (χ2v) is 7.08. The normalized spacial score (nSPS) is 18.3. The van der Waals surface area contributed by atoms with Crippen molar-refractivity contribution in [2.75, 3.05) is 13.1 Å². The van der Waals surface area contributed by atoms with Crippen LogP contribution in [0, 0.1) is 19.8 Å². The third kappa shape index (κ3) is 3.67. The van der Waals surface area contributed by atoms with E-state index >= 15 is 0 Å². The minimum Gasteiger partial charge on any atom is -0.361 e. The lowest BCUT2D eigenvalue weighted by Gasteiger charge is -2.32. The van der Waals surface area contributed by atoms with Gasteiger partial charge in [0.15, 0.2) is 0 Å². The number of imidazole rings is 1. The fourth-order valence-corrected chi connectivity index (χ4v) is 3.85. The van der Waals surface area contributed by atoms with Crippen molar-refractivity contribution in [1.82, 2.24) is 30.0 Å². The van der Waals surface area contributed by atoms with Crippen LogP contribution < -0.4 is 0 Å². The van der Waals surface area contributed by atoms with Crippen LogP contribution in [-0.2, 0) is 13.0 Å². The van der Waals surface area contributed by atoms with Crippen LogP contribution in [0.2, 0.25) is 0 Å². The van der Waals surface area contributed by atoms with Crippen molar-refractivity contribution >= 4 is 0 Å². The molecular formula is C19H24N6O. The van der Waals surface area contributed by atoms with Gasteiger partial charge in [-0.3, -0.25) is 4.90 Å². The summed E-state index contributed by atoms with van der Waals surface area (Å²) in [6.45, 7) is 6.96. The van der Waals surface area contributed by atoms with E-state index in [0.29, 0.717) is 5.92 Å². The third-order valence-electron chi connectivity index (χ3n) is 5.04. The Hall–Kier alpha value is -2.54. The molecule has 0 unspecified atom stereocenters. The molecule has 3 aromatic rings. The van der Waals surface area contributed by atoms with Gasteiger partial charge in [-0.05, 0) is 51.6 Å². The van der Waals surface area contributed by atoms with Crippen molar-refractivity contribution < 1.29 is 4.52 Å². The van der Waals surface area contributed by atoms with E-state index in [0.717, 1.165) is 60.3 Å². The van der Waals surface area contributed by atoms with Crippen molar-refractivity contribution in [3.8, 4) is 11.3 Å². The van der Waals surface area contributed by atoms with Crippen LogP contribution in [0.1, 0.15) is 35.8 Å². The molecule has 0 spiro atoms. The van der Waals surface area contributed by atoms with Gasteiger partial charge in [-0.1, -0.05) is 5.16 Å². The Kier molecular flexibility index (Phi) is 4.79. The maximum absolute atomic E-state index is 5.28. The Balaban J connectivity index is 1.44. The highest BCUT2D eigenvalue weighted by atomic mass is 16.5. The van der Waals surface area contributed by atoms with Crippen LogP contribution >= 0.6 is 0 Å². The molecule has 1 saturated heterocycles. The van der Waals surface area contributed by atoms with Crippen LogP contribution in [-0.4, -0.2) is 43.1 Å². The lowest BCUT2D eigenvalue weighted by molar-refractivity contribution is 0.163. The average Bonchev–Trinajstić information content (AvgIpc) is 3.25. The highest BCUT2D eigenvalue weighted by Crippen LogP contribution is 2.26. The third-order valence-corrected chi connectivity index (χ3v) is 5.04. The number of aryl methyl sites for hydroxylation is 2. The Morgan fingerprint density at radius 2 is 2.19 bits per heavy atom. The van der Waals surface area contributed by atoms with Crippen LogP contribution in [0.5, 0.6) is 0 Å². The lowest BCUT2D eigenvalue weighted by Crippen LogP contribution is -2.36. The molecule has 7 heteroatoms. The number of aromatic amines is 1. The van der Waals surface area contributed by atoms with Crippen molar-refractivity contribution in [2.24, 2.45) is 5.92 Å². The summed E-state index contributed by atoms with van der Waals surface area (Å²) >= 11 is 0. The van der Waals surface area contributed by atoms with Gasteiger partial charge >= 0.3 is 0 Å². The largest absolute Gasteiger partial charge is 0.361 e. The number of hydrogen-bond donors (Lipinski definition) is 1. The molecule has 4 heterocycles. The molecule has 136 valence electrons. The Bertz CT molecular complexity index is 837. The smallest absolute Gasteiger partial charge is 0.143 e. The molecule has 0 radical (unpaired) electrons. The Labute approximate surface area is 152 Å². The summed E-state index contributed by atoms with van der Waals surface area (Å²) in [5.74, 6) is 2.44. The van der Waals surface area contributed by atoms with E-state index < -0.39 is 0 Å². The van der Waals surface area contributed by atoms with Crippen LogP contribution in [0.3, 0.4) is 0 Å². The highest BCUT2D eigenvalue weighted by molar-refractivity contribution is 5.63. The van der Waals surface area contributed by atoms with Gasteiger partial charge in [-0.25, -0.2) is 15.0 Å². The molecule has 1 aliphatic rings. The van der Waals surface area contributed by atoms with E-state index in [-0.39, 0.29) is 0 Å². The topological polar surface area (TPSA) is 83.7 Å². The molecule has 0 aromatic carbocycles. The summed E-state index contributed by atoms with van der Waals surface area (Å²) in [5, 5.41) is 4.03. The molecule has 1 fully saturated rings. The highest BCUT2D eigenvalue weighted by Gasteiger charge is 2.22. The average molecular weight is 352 g/mol. The zero-order valence-corrected chi connectivity index (χ0v) is 15.3. The summed E-state index contributed by atoms with van der Waals surface area (Å²) in [4.78, 5) is 18.9. The van der Waals surface area contributed by atoms with Gasteiger partial charge in [0.25, 0.3) is 0 Å². The summed E-state index contributed by atoms with van der Waals surface area (Å²) in [6, 6.07) is 2.08. The fraction of sp³-hybridized carbons (Fsp3) is 0.474. The zero-order valence-electron chi connectivity index (χ0n) is 15.3. The Morgan fingerprint density at radius 1 is 1.27 bits per heavy atom. The van der Waals surface area contributed by atoms with Crippen LogP contribution in [0.15, 0.2) is 29.3 Å². The number of H-pyrrole nitrogens is 1. The van der Waals surface area contributed by atoms with Gasteiger partial charge in [0.2, 0.25) is 0 Å². The molecule has 0 amide bonds. The van der Waals surface area contributed by atoms with E-state index in [9.17, 15) is 0 Å². The maximum Gasteiger partial charge on any atom is 0.143 e. The monoisotopic (exact) mass is 352 g/mol. The van der Waals surface area contributed by atoms with Gasteiger partial charge in [0, 0.05) is 24.6 Å². The zero-order chi connectivity index (χ0) is 17.9. The second kappa shape index (κ2) is 7.37. The van der Waals surface area contributed by atoms with Gasteiger partial charge in [0.1, 0.15) is 17.9 Å². The standard InChI is InChI=1S/C19H24N6O/c1-13-19(14(2)26-24-13)17-9-16(22-12-23-17)8-15-4-3-7-25(10-15)11-18-20-5-6-21-18/h5-6,9,12,15H,3-4,7-8,10-11H2,1-2H3,(H,20,21)/t15-/m1/s1. The molecule has 1 aliphatic heterocycles. The van der Waals surface area contributed by atoms with Gasteiger partial charge in [0.05, 0.1) is 23.5 Å². The van der Waals surface area contributed by atoms with Gasteiger partial charge in [-0.15, -0.1) is 0 Å². The number of aromatic nitrogens is 5.